The number of nitrogens with one attached hydrogen (secondary N) is 1. The number of amides is 1. The molecule has 1 amide bonds. The van der Waals surface area contributed by atoms with Gasteiger partial charge in [0.2, 0.25) is 5.91 Å². The van der Waals surface area contributed by atoms with Crippen molar-refractivity contribution in [1.29, 1.82) is 0 Å². The molecule has 0 fully saturated rings. The van der Waals surface area contributed by atoms with E-state index < -0.39 is 5.54 Å². The average molecular weight is 265 g/mol. The third kappa shape index (κ3) is 4.22. The molecule has 0 aliphatic rings. The number of benzene rings is 1. The second-order valence-corrected chi connectivity index (χ2v) is 5.47. The van der Waals surface area contributed by atoms with Gasteiger partial charge in [-0.1, -0.05) is 6.07 Å². The third-order valence-corrected chi connectivity index (χ3v) is 3.28. The molecule has 4 N–H and O–H groups in total. The van der Waals surface area contributed by atoms with E-state index in [4.69, 9.17) is 5.73 Å². The summed E-state index contributed by atoms with van der Waals surface area (Å²) in [6.45, 7) is 5.88. The van der Waals surface area contributed by atoms with E-state index in [1.165, 1.54) is 0 Å². The van der Waals surface area contributed by atoms with Crippen LogP contribution in [-0.2, 0) is 4.79 Å². The molecule has 106 valence electrons. The van der Waals surface area contributed by atoms with Gasteiger partial charge < -0.3 is 16.2 Å². The summed E-state index contributed by atoms with van der Waals surface area (Å²) in [5.74, 6) is -0.153. The van der Waals surface area contributed by atoms with Crippen LogP contribution >= 0.6 is 0 Å². The van der Waals surface area contributed by atoms with E-state index in [2.05, 4.69) is 5.32 Å². The Balaban J connectivity index is 2.65. The summed E-state index contributed by atoms with van der Waals surface area (Å²) in [5, 5.41) is 12.0. The van der Waals surface area contributed by atoms with E-state index in [0.717, 1.165) is 5.56 Å². The van der Waals surface area contributed by atoms with Gasteiger partial charge in [0.25, 0.3) is 0 Å². The maximum Gasteiger partial charge on any atom is 0.238 e. The number of aryl methyl sites for hydroxylation is 1. The second-order valence-electron chi connectivity index (χ2n) is 5.47. The van der Waals surface area contributed by atoms with E-state index >= 15 is 0 Å². The van der Waals surface area contributed by atoms with Crippen LogP contribution in [0.15, 0.2) is 18.2 Å². The van der Waals surface area contributed by atoms with Crippen molar-refractivity contribution in [3.05, 3.63) is 23.8 Å². The van der Waals surface area contributed by atoms with Crippen LogP contribution in [0.4, 0.5) is 11.4 Å². The van der Waals surface area contributed by atoms with Crippen LogP contribution in [0.5, 0.6) is 0 Å². The highest BCUT2D eigenvalue weighted by Crippen LogP contribution is 2.19. The Morgan fingerprint density at radius 3 is 2.63 bits per heavy atom. The predicted molar refractivity (Wildman–Crippen MR) is 78.0 cm³/mol. The molecule has 1 rings (SSSR count). The van der Waals surface area contributed by atoms with Crippen molar-refractivity contribution in [2.75, 3.05) is 31.2 Å². The predicted octanol–water partition coefficient (Wildman–Crippen LogP) is 1.22. The molecule has 5 heteroatoms. The lowest BCUT2D eigenvalue weighted by Gasteiger charge is -2.33. The molecule has 0 unspecified atom stereocenters. The molecule has 0 bridgehead atoms. The van der Waals surface area contributed by atoms with E-state index in [9.17, 15) is 9.90 Å². The molecule has 0 saturated heterocycles. The zero-order chi connectivity index (χ0) is 14.6. The number of likely N-dealkylation sites (N-methyl/N-ethyl adjacent to an activating group) is 1. The van der Waals surface area contributed by atoms with Gasteiger partial charge >= 0.3 is 0 Å². The average Bonchev–Trinajstić information content (AvgIpc) is 2.32. The summed E-state index contributed by atoms with van der Waals surface area (Å²) < 4.78 is 0. The maximum absolute atomic E-state index is 11.9. The third-order valence-electron chi connectivity index (χ3n) is 3.28. The van der Waals surface area contributed by atoms with Gasteiger partial charge in [-0.15, -0.1) is 0 Å². The molecule has 0 radical (unpaired) electrons. The van der Waals surface area contributed by atoms with Gasteiger partial charge in [0.1, 0.15) is 0 Å². The van der Waals surface area contributed by atoms with E-state index in [0.29, 0.717) is 11.4 Å². The Morgan fingerprint density at radius 2 is 2.11 bits per heavy atom. The van der Waals surface area contributed by atoms with Crippen LogP contribution in [-0.4, -0.2) is 41.7 Å². The molecule has 0 aliphatic carbocycles. The minimum Gasteiger partial charge on any atom is -0.397 e. The molecule has 0 heterocycles. The first-order valence-electron chi connectivity index (χ1n) is 6.24. The summed E-state index contributed by atoms with van der Waals surface area (Å²) in [5.41, 5.74) is 7.63. The summed E-state index contributed by atoms with van der Waals surface area (Å²) >= 11 is 0. The minimum absolute atomic E-state index is 0.0105. The molecule has 0 atom stereocenters. The highest BCUT2D eigenvalue weighted by Gasteiger charge is 2.24. The van der Waals surface area contributed by atoms with Crippen molar-refractivity contribution in [1.82, 2.24) is 4.90 Å². The number of nitrogen functional groups attached to an aromatic ring is 1. The van der Waals surface area contributed by atoms with Crippen LogP contribution in [0.2, 0.25) is 0 Å². The monoisotopic (exact) mass is 265 g/mol. The topological polar surface area (TPSA) is 78.6 Å². The van der Waals surface area contributed by atoms with Crippen molar-refractivity contribution in [2.24, 2.45) is 0 Å². The molecular weight excluding hydrogens is 242 g/mol. The summed E-state index contributed by atoms with van der Waals surface area (Å²) in [4.78, 5) is 13.7. The largest absolute Gasteiger partial charge is 0.397 e. The van der Waals surface area contributed by atoms with Gasteiger partial charge in [-0.05, 0) is 45.5 Å². The van der Waals surface area contributed by atoms with Crippen LogP contribution in [0, 0.1) is 6.92 Å². The molecule has 0 aliphatic heterocycles. The maximum atomic E-state index is 11.9. The Bertz CT molecular complexity index is 458. The second kappa shape index (κ2) is 6.04. The zero-order valence-corrected chi connectivity index (χ0v) is 12.0. The van der Waals surface area contributed by atoms with E-state index in [1.54, 1.807) is 18.0 Å². The first-order chi connectivity index (χ1) is 8.76. The van der Waals surface area contributed by atoms with Crippen LogP contribution in [0.3, 0.4) is 0 Å². The number of carbonyl (C=O) groups is 1. The van der Waals surface area contributed by atoms with Crippen LogP contribution in [0.1, 0.15) is 19.4 Å². The lowest BCUT2D eigenvalue weighted by atomic mass is 10.1. The molecular formula is C14H23N3O2. The first kappa shape index (κ1) is 15.5. The van der Waals surface area contributed by atoms with Gasteiger partial charge in [0, 0.05) is 5.54 Å². The van der Waals surface area contributed by atoms with Crippen molar-refractivity contribution in [3.63, 3.8) is 0 Å². The number of carbonyl (C=O) groups excluding carboxylic acids is 1. The lowest BCUT2D eigenvalue weighted by molar-refractivity contribution is -0.118. The van der Waals surface area contributed by atoms with Gasteiger partial charge in [-0.3, -0.25) is 9.69 Å². The Labute approximate surface area is 114 Å². The van der Waals surface area contributed by atoms with Crippen LogP contribution in [0.25, 0.3) is 0 Å². The Morgan fingerprint density at radius 1 is 1.47 bits per heavy atom. The van der Waals surface area contributed by atoms with E-state index in [-0.39, 0.29) is 19.1 Å². The quantitative estimate of drug-likeness (QED) is 0.699. The SMILES string of the molecule is Cc1ccc(NC(=O)CN(C)C(C)(C)CO)c(N)c1. The molecule has 1 aromatic carbocycles. The number of nitrogens with zero attached hydrogens (tertiary/aromatic N) is 1. The zero-order valence-electron chi connectivity index (χ0n) is 12.0. The van der Waals surface area contributed by atoms with Gasteiger partial charge in [0.05, 0.1) is 24.5 Å². The summed E-state index contributed by atoms with van der Waals surface area (Å²) in [6.07, 6.45) is 0. The number of hydrogen-bond donors (Lipinski definition) is 3. The summed E-state index contributed by atoms with van der Waals surface area (Å²) in [7, 11) is 1.80. The first-order valence-corrected chi connectivity index (χ1v) is 6.24. The molecule has 1 aromatic rings. The highest BCUT2D eigenvalue weighted by atomic mass is 16.3. The number of anilines is 2. The number of aliphatic hydroxyl groups excluding tert-OH is 1. The van der Waals surface area contributed by atoms with Crippen LogP contribution < -0.4 is 11.1 Å². The Hall–Kier alpha value is -1.59. The fraction of sp³-hybridized carbons (Fsp3) is 0.500. The molecule has 0 spiro atoms. The minimum atomic E-state index is -0.434. The van der Waals surface area contributed by atoms with Gasteiger partial charge in [0.15, 0.2) is 0 Å². The van der Waals surface area contributed by atoms with Gasteiger partial charge in [-0.25, -0.2) is 0 Å². The summed E-state index contributed by atoms with van der Waals surface area (Å²) in [6, 6.07) is 5.50. The van der Waals surface area contributed by atoms with Crippen molar-refractivity contribution in [3.8, 4) is 0 Å². The fourth-order valence-electron chi connectivity index (χ4n) is 1.54. The number of nitrogens with two attached hydrogens (primary N) is 1. The van der Waals surface area contributed by atoms with Crippen molar-refractivity contribution < 1.29 is 9.90 Å². The molecule has 19 heavy (non-hydrogen) atoms. The van der Waals surface area contributed by atoms with Crippen molar-refractivity contribution in [2.45, 2.75) is 26.3 Å². The fourth-order valence-corrected chi connectivity index (χ4v) is 1.54. The molecule has 0 aromatic heterocycles. The van der Waals surface area contributed by atoms with Crippen molar-refractivity contribution >= 4 is 17.3 Å². The number of rotatable bonds is 5. The number of aliphatic hydroxyl groups is 1. The molecule has 5 nitrogen and oxygen atoms in total. The molecule has 0 saturated carbocycles. The number of hydrogen-bond acceptors (Lipinski definition) is 4. The van der Waals surface area contributed by atoms with Gasteiger partial charge in [-0.2, -0.15) is 0 Å². The Kier molecular flexibility index (Phi) is 4.91. The lowest BCUT2D eigenvalue weighted by Crippen LogP contribution is -2.47. The smallest absolute Gasteiger partial charge is 0.238 e. The van der Waals surface area contributed by atoms with E-state index in [1.807, 2.05) is 32.9 Å². The standard InChI is InChI=1S/C14H23N3O2/c1-10-5-6-12(11(15)7-10)16-13(19)8-17(4)14(2,3)9-18/h5-7,18H,8-9,15H2,1-4H3,(H,16,19). The highest BCUT2D eigenvalue weighted by molar-refractivity contribution is 5.95. The normalized spacial score (nSPS) is 11.7.